The Kier molecular flexibility index (Phi) is 8.62. The molecule has 1 rings (SSSR count). The summed E-state index contributed by atoms with van der Waals surface area (Å²) in [5.41, 5.74) is 0. The van der Waals surface area contributed by atoms with Gasteiger partial charge < -0.3 is 19.9 Å². The van der Waals surface area contributed by atoms with E-state index >= 15 is 0 Å². The van der Waals surface area contributed by atoms with Gasteiger partial charge in [-0.15, -0.1) is 0 Å². The summed E-state index contributed by atoms with van der Waals surface area (Å²) in [6.45, 7) is 5.23. The molecule has 4 atom stereocenters. The van der Waals surface area contributed by atoms with E-state index in [-0.39, 0.29) is 18.4 Å². The zero-order chi connectivity index (χ0) is 14.1. The molecule has 0 radical (unpaired) electrons. The second kappa shape index (κ2) is 9.70. The van der Waals surface area contributed by atoms with Gasteiger partial charge in [-0.25, -0.2) is 0 Å². The number of nitrogens with one attached hydrogen (secondary N) is 1. The quantitative estimate of drug-likeness (QED) is 0.634. The van der Waals surface area contributed by atoms with Crippen LogP contribution < -0.4 is 5.32 Å². The van der Waals surface area contributed by atoms with Crippen molar-refractivity contribution < 1.29 is 14.6 Å². The molecule has 1 aliphatic heterocycles. The maximum atomic E-state index is 10.2. The summed E-state index contributed by atoms with van der Waals surface area (Å²) in [6, 6.07) is 0.0924. The van der Waals surface area contributed by atoms with Gasteiger partial charge in [-0.1, -0.05) is 39.5 Å². The van der Waals surface area contributed by atoms with Gasteiger partial charge in [-0.3, -0.25) is 0 Å². The van der Waals surface area contributed by atoms with E-state index < -0.39 is 6.10 Å². The Morgan fingerprint density at radius 2 is 1.95 bits per heavy atom. The zero-order valence-electron chi connectivity index (χ0n) is 12.7. The van der Waals surface area contributed by atoms with Crippen molar-refractivity contribution in [2.24, 2.45) is 0 Å². The first-order valence-corrected chi connectivity index (χ1v) is 7.82. The molecule has 1 aliphatic rings. The van der Waals surface area contributed by atoms with Crippen LogP contribution in [0.5, 0.6) is 0 Å². The molecule has 0 unspecified atom stereocenters. The maximum Gasteiger partial charge on any atom is 0.159 e. The van der Waals surface area contributed by atoms with E-state index in [1.807, 2.05) is 6.92 Å². The number of rotatable bonds is 9. The van der Waals surface area contributed by atoms with Crippen LogP contribution in [0.4, 0.5) is 0 Å². The summed E-state index contributed by atoms with van der Waals surface area (Å²) in [7, 11) is 1.66. The van der Waals surface area contributed by atoms with Gasteiger partial charge in [-0.2, -0.15) is 0 Å². The monoisotopic (exact) mass is 273 g/mol. The molecule has 0 saturated carbocycles. The topological polar surface area (TPSA) is 50.7 Å². The molecule has 1 heterocycles. The minimum Gasteiger partial charge on any atom is -0.389 e. The number of aliphatic hydroxyl groups excluding tert-OH is 1. The minimum atomic E-state index is -0.424. The summed E-state index contributed by atoms with van der Waals surface area (Å²) in [4.78, 5) is 0. The van der Waals surface area contributed by atoms with Crippen molar-refractivity contribution in [1.82, 2.24) is 5.32 Å². The normalized spacial score (nSPS) is 31.6. The Balaban J connectivity index is 2.25. The molecule has 0 bridgehead atoms. The van der Waals surface area contributed by atoms with E-state index in [9.17, 15) is 5.11 Å². The highest BCUT2D eigenvalue weighted by atomic mass is 16.7. The highest BCUT2D eigenvalue weighted by molar-refractivity contribution is 4.87. The van der Waals surface area contributed by atoms with Crippen molar-refractivity contribution in [3.05, 3.63) is 0 Å². The highest BCUT2D eigenvalue weighted by Crippen LogP contribution is 2.22. The molecule has 0 aromatic carbocycles. The summed E-state index contributed by atoms with van der Waals surface area (Å²) in [5, 5.41) is 13.7. The molecule has 4 nitrogen and oxygen atoms in total. The predicted octanol–water partition coefficient (Wildman–Crippen LogP) is 2.45. The lowest BCUT2D eigenvalue weighted by Gasteiger charge is -2.39. The van der Waals surface area contributed by atoms with Gasteiger partial charge in [0.15, 0.2) is 6.29 Å². The summed E-state index contributed by atoms with van der Waals surface area (Å²) in [6.07, 6.45) is 7.17. The number of ether oxygens (including phenoxy) is 2. The SMILES string of the molecule is CCCCCCCN[C@H]1C[C@@H](OC)O[C@H](CC)[C@H]1O. The van der Waals surface area contributed by atoms with Gasteiger partial charge in [0, 0.05) is 19.6 Å². The number of unbranched alkanes of at least 4 members (excludes halogenated alkanes) is 4. The second-order valence-corrected chi connectivity index (χ2v) is 5.45. The van der Waals surface area contributed by atoms with Crippen molar-refractivity contribution in [3.63, 3.8) is 0 Å². The molecule has 1 saturated heterocycles. The number of hydrogen-bond acceptors (Lipinski definition) is 4. The Hall–Kier alpha value is -0.160. The van der Waals surface area contributed by atoms with Crippen LogP contribution in [-0.2, 0) is 9.47 Å². The molecule has 0 aromatic rings. The molecular formula is C15H31NO3. The average molecular weight is 273 g/mol. The molecule has 4 heteroatoms. The fourth-order valence-corrected chi connectivity index (χ4v) is 2.65. The summed E-state index contributed by atoms with van der Waals surface area (Å²) in [5.74, 6) is 0. The van der Waals surface area contributed by atoms with Gasteiger partial charge in [-0.05, 0) is 19.4 Å². The van der Waals surface area contributed by atoms with Gasteiger partial charge in [0.05, 0.1) is 12.2 Å². The Bertz CT molecular complexity index is 225. The third-order valence-electron chi connectivity index (χ3n) is 3.92. The van der Waals surface area contributed by atoms with Crippen LogP contribution in [0.1, 0.15) is 58.8 Å². The van der Waals surface area contributed by atoms with E-state index in [1.165, 1.54) is 32.1 Å². The molecule has 0 spiro atoms. The van der Waals surface area contributed by atoms with Crippen LogP contribution in [0.2, 0.25) is 0 Å². The van der Waals surface area contributed by atoms with Gasteiger partial charge in [0.2, 0.25) is 0 Å². The minimum absolute atomic E-state index is 0.0924. The highest BCUT2D eigenvalue weighted by Gasteiger charge is 2.36. The Morgan fingerprint density at radius 1 is 1.21 bits per heavy atom. The third kappa shape index (κ3) is 5.78. The molecule has 19 heavy (non-hydrogen) atoms. The Labute approximate surface area is 117 Å². The van der Waals surface area contributed by atoms with Crippen LogP contribution in [-0.4, -0.2) is 43.3 Å². The lowest BCUT2D eigenvalue weighted by atomic mass is 9.97. The predicted molar refractivity (Wildman–Crippen MR) is 77.1 cm³/mol. The number of methoxy groups -OCH3 is 1. The van der Waals surface area contributed by atoms with E-state index in [1.54, 1.807) is 7.11 Å². The lowest BCUT2D eigenvalue weighted by Crippen LogP contribution is -2.54. The van der Waals surface area contributed by atoms with Crippen LogP contribution >= 0.6 is 0 Å². The van der Waals surface area contributed by atoms with Crippen molar-refractivity contribution in [2.75, 3.05) is 13.7 Å². The number of hydrogen-bond donors (Lipinski definition) is 2. The molecule has 0 aliphatic carbocycles. The molecule has 114 valence electrons. The smallest absolute Gasteiger partial charge is 0.159 e. The standard InChI is InChI=1S/C15H31NO3/c1-4-6-7-8-9-10-16-12-11-14(18-3)19-13(5-2)15(12)17/h12-17H,4-11H2,1-3H3/t12-,13+,14-,15-/m0/s1. The molecular weight excluding hydrogens is 242 g/mol. The van der Waals surface area contributed by atoms with Gasteiger partial charge in [0.25, 0.3) is 0 Å². The fraction of sp³-hybridized carbons (Fsp3) is 1.00. The van der Waals surface area contributed by atoms with Crippen molar-refractivity contribution >= 4 is 0 Å². The van der Waals surface area contributed by atoms with Crippen molar-refractivity contribution in [3.8, 4) is 0 Å². The zero-order valence-corrected chi connectivity index (χ0v) is 12.7. The third-order valence-corrected chi connectivity index (χ3v) is 3.92. The van der Waals surface area contributed by atoms with E-state index in [4.69, 9.17) is 9.47 Å². The van der Waals surface area contributed by atoms with E-state index in [0.717, 1.165) is 19.4 Å². The first-order valence-electron chi connectivity index (χ1n) is 7.82. The average Bonchev–Trinajstić information content (AvgIpc) is 2.44. The fourth-order valence-electron chi connectivity index (χ4n) is 2.65. The van der Waals surface area contributed by atoms with Crippen LogP contribution in [0, 0.1) is 0 Å². The van der Waals surface area contributed by atoms with Crippen LogP contribution in [0.25, 0.3) is 0 Å². The molecule has 0 aromatic heterocycles. The summed E-state index contributed by atoms with van der Waals surface area (Å²) < 4.78 is 11.0. The van der Waals surface area contributed by atoms with Crippen LogP contribution in [0.3, 0.4) is 0 Å². The van der Waals surface area contributed by atoms with Crippen LogP contribution in [0.15, 0.2) is 0 Å². The Morgan fingerprint density at radius 3 is 2.58 bits per heavy atom. The molecule has 1 fully saturated rings. The van der Waals surface area contributed by atoms with Crippen molar-refractivity contribution in [2.45, 2.75) is 83.3 Å². The van der Waals surface area contributed by atoms with E-state index in [2.05, 4.69) is 12.2 Å². The molecule has 2 N–H and O–H groups in total. The molecule has 0 amide bonds. The lowest BCUT2D eigenvalue weighted by molar-refractivity contribution is -0.220. The first-order chi connectivity index (χ1) is 9.22. The number of aliphatic hydroxyl groups is 1. The van der Waals surface area contributed by atoms with Gasteiger partial charge in [0.1, 0.15) is 0 Å². The van der Waals surface area contributed by atoms with Crippen molar-refractivity contribution in [1.29, 1.82) is 0 Å². The second-order valence-electron chi connectivity index (χ2n) is 5.45. The van der Waals surface area contributed by atoms with E-state index in [0.29, 0.717) is 0 Å². The maximum absolute atomic E-state index is 10.2. The van der Waals surface area contributed by atoms with Gasteiger partial charge >= 0.3 is 0 Å². The largest absolute Gasteiger partial charge is 0.389 e. The summed E-state index contributed by atoms with van der Waals surface area (Å²) >= 11 is 0. The first kappa shape index (κ1) is 16.9.